The highest BCUT2D eigenvalue weighted by atomic mass is 32.1. The summed E-state index contributed by atoms with van der Waals surface area (Å²) in [4.78, 5) is 16.8. The number of rotatable bonds is 2. The van der Waals surface area contributed by atoms with Crippen molar-refractivity contribution in [2.24, 2.45) is 5.16 Å². The molecule has 0 spiro atoms. The Morgan fingerprint density at radius 2 is 2.12 bits per heavy atom. The summed E-state index contributed by atoms with van der Waals surface area (Å²) in [6.07, 6.45) is 4.27. The number of anilines is 1. The Bertz CT molecular complexity index is 916. The molecule has 1 N–H and O–H groups in total. The van der Waals surface area contributed by atoms with Crippen molar-refractivity contribution in [3.05, 3.63) is 35.9 Å². The maximum Gasteiger partial charge on any atom is 0.138 e. The van der Waals surface area contributed by atoms with E-state index in [-0.39, 0.29) is 0 Å². The van der Waals surface area contributed by atoms with Gasteiger partial charge in [-0.25, -0.2) is 9.97 Å². The standard InChI is InChI=1S/C16H15N5OS2/c1-9-13(23-14(18-9)10-4-3-6-17-8-10)15-19-12-11(20-22)5-7-21(2)16(12)24-15/h3-4,6,8,22H,5,7H2,1-2H3/b20-11+. The average Bonchev–Trinajstić information content (AvgIpc) is 3.20. The topological polar surface area (TPSA) is 74.5 Å². The van der Waals surface area contributed by atoms with Gasteiger partial charge >= 0.3 is 0 Å². The van der Waals surface area contributed by atoms with Crippen LogP contribution in [0.15, 0.2) is 29.7 Å². The average molecular weight is 357 g/mol. The van der Waals surface area contributed by atoms with Crippen LogP contribution >= 0.6 is 22.7 Å². The first-order valence-corrected chi connectivity index (χ1v) is 9.12. The first-order valence-electron chi connectivity index (χ1n) is 7.49. The molecule has 8 heteroatoms. The van der Waals surface area contributed by atoms with Crippen LogP contribution in [0.1, 0.15) is 17.8 Å². The van der Waals surface area contributed by atoms with Crippen LogP contribution in [-0.4, -0.2) is 39.5 Å². The second-order valence-corrected chi connectivity index (χ2v) is 7.54. The molecule has 1 aliphatic rings. The van der Waals surface area contributed by atoms with E-state index in [1.54, 1.807) is 28.9 Å². The number of thiazole rings is 2. The van der Waals surface area contributed by atoms with E-state index in [0.29, 0.717) is 12.1 Å². The maximum absolute atomic E-state index is 9.23. The Morgan fingerprint density at radius 1 is 1.25 bits per heavy atom. The van der Waals surface area contributed by atoms with E-state index in [9.17, 15) is 5.21 Å². The molecule has 0 atom stereocenters. The second kappa shape index (κ2) is 5.95. The zero-order chi connectivity index (χ0) is 16.7. The van der Waals surface area contributed by atoms with Crippen LogP contribution in [0.2, 0.25) is 0 Å². The molecule has 4 rings (SSSR count). The molecular formula is C16H15N5OS2. The molecule has 3 aromatic rings. The first-order chi connectivity index (χ1) is 11.7. The smallest absolute Gasteiger partial charge is 0.138 e. The van der Waals surface area contributed by atoms with Crippen LogP contribution in [0.3, 0.4) is 0 Å². The molecule has 0 amide bonds. The summed E-state index contributed by atoms with van der Waals surface area (Å²) in [5, 5.41) is 15.5. The van der Waals surface area contributed by atoms with Gasteiger partial charge in [-0.15, -0.1) is 11.3 Å². The van der Waals surface area contributed by atoms with E-state index in [1.807, 2.05) is 32.3 Å². The minimum absolute atomic E-state index is 0.653. The Balaban J connectivity index is 1.79. The normalized spacial score (nSPS) is 15.8. The van der Waals surface area contributed by atoms with Gasteiger partial charge in [0.05, 0.1) is 10.6 Å². The number of pyridine rings is 1. The molecule has 0 aliphatic carbocycles. The predicted octanol–water partition coefficient (Wildman–Crippen LogP) is 3.66. The molecule has 0 saturated carbocycles. The molecule has 0 aromatic carbocycles. The van der Waals surface area contributed by atoms with Gasteiger partial charge in [0.15, 0.2) is 0 Å². The maximum atomic E-state index is 9.23. The monoisotopic (exact) mass is 357 g/mol. The molecular weight excluding hydrogens is 342 g/mol. The van der Waals surface area contributed by atoms with Crippen LogP contribution in [0.5, 0.6) is 0 Å². The molecule has 4 heterocycles. The van der Waals surface area contributed by atoms with Crippen molar-refractivity contribution in [2.75, 3.05) is 18.5 Å². The van der Waals surface area contributed by atoms with Crippen molar-refractivity contribution >= 4 is 33.4 Å². The highest BCUT2D eigenvalue weighted by molar-refractivity contribution is 7.25. The number of oxime groups is 1. The minimum Gasteiger partial charge on any atom is -0.411 e. The molecule has 0 radical (unpaired) electrons. The second-order valence-electron chi connectivity index (χ2n) is 5.57. The van der Waals surface area contributed by atoms with E-state index in [4.69, 9.17) is 4.98 Å². The number of hydrogen-bond donors (Lipinski definition) is 1. The quantitative estimate of drug-likeness (QED) is 0.560. The molecule has 0 fully saturated rings. The van der Waals surface area contributed by atoms with Gasteiger partial charge in [0.2, 0.25) is 0 Å². The zero-order valence-corrected chi connectivity index (χ0v) is 14.9. The van der Waals surface area contributed by atoms with E-state index >= 15 is 0 Å². The number of nitrogens with zero attached hydrogens (tertiary/aromatic N) is 5. The van der Waals surface area contributed by atoms with Gasteiger partial charge in [0.25, 0.3) is 0 Å². The summed E-state index contributed by atoms with van der Waals surface area (Å²) in [6, 6.07) is 3.92. The molecule has 24 heavy (non-hydrogen) atoms. The summed E-state index contributed by atoms with van der Waals surface area (Å²) in [6.45, 7) is 2.83. The summed E-state index contributed by atoms with van der Waals surface area (Å²) in [5.41, 5.74) is 3.39. The van der Waals surface area contributed by atoms with Crippen LogP contribution < -0.4 is 4.90 Å². The van der Waals surface area contributed by atoms with Crippen LogP contribution in [0.4, 0.5) is 5.00 Å². The van der Waals surface area contributed by atoms with E-state index in [0.717, 1.165) is 43.4 Å². The highest BCUT2D eigenvalue weighted by Gasteiger charge is 2.26. The van der Waals surface area contributed by atoms with Gasteiger partial charge in [-0.3, -0.25) is 4.98 Å². The Labute approximate surface area is 147 Å². The van der Waals surface area contributed by atoms with Gasteiger partial charge in [-0.05, 0) is 19.1 Å². The van der Waals surface area contributed by atoms with Gasteiger partial charge in [0, 0.05) is 38.0 Å². The van der Waals surface area contributed by atoms with Gasteiger partial charge in [-0.2, -0.15) is 0 Å². The predicted molar refractivity (Wildman–Crippen MR) is 97.4 cm³/mol. The summed E-state index contributed by atoms with van der Waals surface area (Å²) >= 11 is 3.23. The Kier molecular flexibility index (Phi) is 3.78. The lowest BCUT2D eigenvalue weighted by molar-refractivity contribution is 0.317. The van der Waals surface area contributed by atoms with E-state index in [1.165, 1.54) is 0 Å². The molecule has 122 valence electrons. The van der Waals surface area contributed by atoms with Crippen LogP contribution in [0.25, 0.3) is 20.5 Å². The third kappa shape index (κ3) is 2.47. The zero-order valence-electron chi connectivity index (χ0n) is 13.2. The first kappa shape index (κ1) is 15.2. The number of hydrogen-bond acceptors (Lipinski definition) is 8. The molecule has 0 saturated heterocycles. The summed E-state index contributed by atoms with van der Waals surface area (Å²) in [5.74, 6) is 0. The lowest BCUT2D eigenvalue weighted by atomic mass is 10.1. The lowest BCUT2D eigenvalue weighted by Gasteiger charge is -2.22. The summed E-state index contributed by atoms with van der Waals surface area (Å²) in [7, 11) is 2.04. The summed E-state index contributed by atoms with van der Waals surface area (Å²) < 4.78 is 0. The van der Waals surface area contributed by atoms with Gasteiger partial charge in [-0.1, -0.05) is 16.5 Å². The highest BCUT2D eigenvalue weighted by Crippen LogP contribution is 2.42. The van der Waals surface area contributed by atoms with Crippen molar-refractivity contribution in [3.8, 4) is 20.5 Å². The van der Waals surface area contributed by atoms with Gasteiger partial charge < -0.3 is 10.1 Å². The SMILES string of the molecule is Cc1nc(-c2cccnc2)sc1-c1nc2c(s1)N(C)CC/C2=N\O. The number of fused-ring (bicyclic) bond motifs is 1. The number of aromatic nitrogens is 3. The fourth-order valence-corrected chi connectivity index (χ4v) is 4.91. The lowest BCUT2D eigenvalue weighted by Crippen LogP contribution is -2.27. The van der Waals surface area contributed by atoms with Crippen LogP contribution in [-0.2, 0) is 0 Å². The van der Waals surface area contributed by atoms with E-state index in [2.05, 4.69) is 20.0 Å². The number of aryl methyl sites for hydroxylation is 1. The van der Waals surface area contributed by atoms with Crippen molar-refractivity contribution in [3.63, 3.8) is 0 Å². The molecule has 1 aliphatic heterocycles. The van der Waals surface area contributed by atoms with Crippen molar-refractivity contribution in [1.29, 1.82) is 0 Å². The van der Waals surface area contributed by atoms with Crippen LogP contribution in [0, 0.1) is 6.92 Å². The third-order valence-corrected chi connectivity index (χ3v) is 6.46. The Morgan fingerprint density at radius 3 is 2.88 bits per heavy atom. The molecule has 3 aromatic heterocycles. The third-order valence-electron chi connectivity index (χ3n) is 3.93. The van der Waals surface area contributed by atoms with Crippen molar-refractivity contribution < 1.29 is 5.21 Å². The van der Waals surface area contributed by atoms with Crippen molar-refractivity contribution in [2.45, 2.75) is 13.3 Å². The van der Waals surface area contributed by atoms with E-state index < -0.39 is 0 Å². The molecule has 0 bridgehead atoms. The Hall–Kier alpha value is -2.32. The molecule has 6 nitrogen and oxygen atoms in total. The van der Waals surface area contributed by atoms with Gasteiger partial charge in [0.1, 0.15) is 26.4 Å². The molecule has 0 unspecified atom stereocenters. The van der Waals surface area contributed by atoms with Crippen molar-refractivity contribution in [1.82, 2.24) is 15.0 Å². The fourth-order valence-electron chi connectivity index (χ4n) is 2.65. The largest absolute Gasteiger partial charge is 0.411 e. The minimum atomic E-state index is 0.653. The fraction of sp³-hybridized carbons (Fsp3) is 0.250.